The number of hydrogen-bond acceptors (Lipinski definition) is 5. The molecule has 1 aromatic rings. The van der Waals surface area contributed by atoms with E-state index in [0.29, 0.717) is 25.2 Å². The van der Waals surface area contributed by atoms with Crippen molar-refractivity contribution < 1.29 is 9.72 Å². The number of anilines is 1. The number of nitro benzene ring substituents is 1. The lowest BCUT2D eigenvalue weighted by Gasteiger charge is -2.34. The Kier molecular flexibility index (Phi) is 5.10. The van der Waals surface area contributed by atoms with E-state index >= 15 is 0 Å². The lowest BCUT2D eigenvalue weighted by Crippen LogP contribution is -2.52. The number of carbonyl (C=O) groups is 1. The molecule has 0 aromatic heterocycles. The highest BCUT2D eigenvalue weighted by Crippen LogP contribution is 2.22. The lowest BCUT2D eigenvalue weighted by molar-refractivity contribution is -0.384. The molecule has 7 nitrogen and oxygen atoms in total. The summed E-state index contributed by atoms with van der Waals surface area (Å²) in [6, 6.07) is 6.64. The summed E-state index contributed by atoms with van der Waals surface area (Å²) in [5.74, 6) is 0.0788. The fourth-order valence-corrected chi connectivity index (χ4v) is 2.44. The van der Waals surface area contributed by atoms with E-state index in [1.54, 1.807) is 18.2 Å². The Morgan fingerprint density at radius 3 is 3.00 bits per heavy atom. The molecule has 1 saturated heterocycles. The molecule has 0 unspecified atom stereocenters. The standard InChI is InChI=1S/C14H20N4O3/c1-11-10-15-8-9-17(11)14(19)6-7-16-12-4-2-3-5-13(12)18(20)21/h2-5,11,15-16H,6-10H2,1H3/t11-/m0/s1. The van der Waals surface area contributed by atoms with E-state index in [0.717, 1.165) is 13.1 Å². The molecular formula is C14H20N4O3. The predicted octanol–water partition coefficient (Wildman–Crippen LogP) is 1.22. The number of nitro groups is 1. The fraction of sp³-hybridized carbons (Fsp3) is 0.500. The molecule has 114 valence electrons. The van der Waals surface area contributed by atoms with Gasteiger partial charge in [0.25, 0.3) is 5.69 Å². The van der Waals surface area contributed by atoms with Gasteiger partial charge in [0, 0.05) is 44.7 Å². The molecule has 2 rings (SSSR count). The molecule has 2 N–H and O–H groups in total. The molecule has 7 heteroatoms. The summed E-state index contributed by atoms with van der Waals surface area (Å²) in [4.78, 5) is 24.5. The number of benzene rings is 1. The molecule has 1 aliphatic rings. The maximum atomic E-state index is 12.1. The average Bonchev–Trinajstić information content (AvgIpc) is 2.48. The number of carbonyl (C=O) groups excluding carboxylic acids is 1. The Balaban J connectivity index is 1.87. The molecule has 1 aliphatic heterocycles. The molecule has 0 bridgehead atoms. The third-order valence-corrected chi connectivity index (χ3v) is 3.58. The second-order valence-corrected chi connectivity index (χ2v) is 5.09. The number of rotatable bonds is 5. The Labute approximate surface area is 123 Å². The summed E-state index contributed by atoms with van der Waals surface area (Å²) in [5, 5.41) is 17.1. The van der Waals surface area contributed by atoms with Crippen LogP contribution in [0, 0.1) is 10.1 Å². The van der Waals surface area contributed by atoms with E-state index in [4.69, 9.17) is 0 Å². The topological polar surface area (TPSA) is 87.5 Å². The smallest absolute Gasteiger partial charge is 0.292 e. The minimum absolute atomic E-state index is 0.0282. The van der Waals surface area contributed by atoms with Crippen LogP contribution >= 0.6 is 0 Å². The third kappa shape index (κ3) is 3.91. The van der Waals surface area contributed by atoms with Crippen molar-refractivity contribution in [2.45, 2.75) is 19.4 Å². The Morgan fingerprint density at radius 2 is 2.29 bits per heavy atom. The summed E-state index contributed by atoms with van der Waals surface area (Å²) < 4.78 is 0. The second-order valence-electron chi connectivity index (χ2n) is 5.09. The van der Waals surface area contributed by atoms with Gasteiger partial charge in [0.2, 0.25) is 5.91 Å². The molecule has 0 radical (unpaired) electrons. The van der Waals surface area contributed by atoms with E-state index < -0.39 is 4.92 Å². The van der Waals surface area contributed by atoms with Gasteiger partial charge in [-0.1, -0.05) is 12.1 Å². The van der Waals surface area contributed by atoms with Crippen LogP contribution in [0.4, 0.5) is 11.4 Å². The van der Waals surface area contributed by atoms with Crippen LogP contribution in [0.2, 0.25) is 0 Å². The van der Waals surface area contributed by atoms with Gasteiger partial charge in [0.15, 0.2) is 0 Å². The fourth-order valence-electron chi connectivity index (χ4n) is 2.44. The van der Waals surface area contributed by atoms with Crippen molar-refractivity contribution in [2.75, 3.05) is 31.5 Å². The van der Waals surface area contributed by atoms with Crippen LogP contribution in [0.15, 0.2) is 24.3 Å². The molecular weight excluding hydrogens is 272 g/mol. The van der Waals surface area contributed by atoms with Crippen molar-refractivity contribution in [3.8, 4) is 0 Å². The van der Waals surface area contributed by atoms with Gasteiger partial charge in [0.1, 0.15) is 5.69 Å². The minimum atomic E-state index is -0.428. The molecule has 1 atom stereocenters. The second kappa shape index (κ2) is 7.03. The van der Waals surface area contributed by atoms with Gasteiger partial charge in [-0.3, -0.25) is 14.9 Å². The molecule has 1 aromatic carbocycles. The highest BCUT2D eigenvalue weighted by Gasteiger charge is 2.22. The summed E-state index contributed by atoms with van der Waals surface area (Å²) >= 11 is 0. The maximum absolute atomic E-state index is 12.1. The first kappa shape index (κ1) is 15.2. The van der Waals surface area contributed by atoms with E-state index in [2.05, 4.69) is 10.6 Å². The third-order valence-electron chi connectivity index (χ3n) is 3.58. The number of amides is 1. The summed E-state index contributed by atoms with van der Waals surface area (Å²) in [7, 11) is 0. The van der Waals surface area contributed by atoms with Crippen LogP contribution < -0.4 is 10.6 Å². The van der Waals surface area contributed by atoms with Gasteiger partial charge in [-0.15, -0.1) is 0 Å². The monoisotopic (exact) mass is 292 g/mol. The number of para-hydroxylation sites is 2. The summed E-state index contributed by atoms with van der Waals surface area (Å²) in [5.41, 5.74) is 0.476. The largest absolute Gasteiger partial charge is 0.379 e. The molecule has 1 amide bonds. The van der Waals surface area contributed by atoms with E-state index in [9.17, 15) is 14.9 Å². The van der Waals surface area contributed by atoms with Crippen molar-refractivity contribution in [2.24, 2.45) is 0 Å². The quantitative estimate of drug-likeness (QED) is 0.629. The van der Waals surface area contributed by atoms with Crippen molar-refractivity contribution in [1.29, 1.82) is 0 Å². The molecule has 1 fully saturated rings. The van der Waals surface area contributed by atoms with Crippen LogP contribution in [0.5, 0.6) is 0 Å². The van der Waals surface area contributed by atoms with Crippen LogP contribution in [0.1, 0.15) is 13.3 Å². The maximum Gasteiger partial charge on any atom is 0.292 e. The zero-order valence-electron chi connectivity index (χ0n) is 12.0. The number of hydrogen-bond donors (Lipinski definition) is 2. The van der Waals surface area contributed by atoms with Crippen molar-refractivity contribution in [3.63, 3.8) is 0 Å². The van der Waals surface area contributed by atoms with Gasteiger partial charge in [-0.25, -0.2) is 0 Å². The van der Waals surface area contributed by atoms with E-state index in [1.165, 1.54) is 6.07 Å². The number of nitrogens with zero attached hydrogens (tertiary/aromatic N) is 2. The van der Waals surface area contributed by atoms with Crippen molar-refractivity contribution in [1.82, 2.24) is 10.2 Å². The molecule has 21 heavy (non-hydrogen) atoms. The number of nitrogens with one attached hydrogen (secondary N) is 2. The highest BCUT2D eigenvalue weighted by atomic mass is 16.6. The molecule has 0 spiro atoms. The Morgan fingerprint density at radius 1 is 1.52 bits per heavy atom. The normalized spacial score (nSPS) is 18.3. The first-order valence-electron chi connectivity index (χ1n) is 7.07. The molecule has 0 saturated carbocycles. The van der Waals surface area contributed by atoms with Crippen molar-refractivity contribution >= 4 is 17.3 Å². The lowest BCUT2D eigenvalue weighted by atomic mass is 10.2. The first-order chi connectivity index (χ1) is 10.1. The SMILES string of the molecule is C[C@H]1CNCCN1C(=O)CCNc1ccccc1[N+](=O)[O-]. The molecule has 0 aliphatic carbocycles. The minimum Gasteiger partial charge on any atom is -0.379 e. The molecule has 1 heterocycles. The van der Waals surface area contributed by atoms with Gasteiger partial charge >= 0.3 is 0 Å². The van der Waals surface area contributed by atoms with Crippen LogP contribution in [-0.2, 0) is 4.79 Å². The van der Waals surface area contributed by atoms with Gasteiger partial charge < -0.3 is 15.5 Å². The van der Waals surface area contributed by atoms with Gasteiger partial charge in [-0.2, -0.15) is 0 Å². The van der Waals surface area contributed by atoms with E-state index in [-0.39, 0.29) is 17.6 Å². The van der Waals surface area contributed by atoms with E-state index in [1.807, 2.05) is 11.8 Å². The number of piperazine rings is 1. The van der Waals surface area contributed by atoms with Gasteiger partial charge in [-0.05, 0) is 13.0 Å². The summed E-state index contributed by atoms with van der Waals surface area (Å²) in [6.07, 6.45) is 0.330. The van der Waals surface area contributed by atoms with Crippen LogP contribution in [-0.4, -0.2) is 48.0 Å². The van der Waals surface area contributed by atoms with Crippen LogP contribution in [0.3, 0.4) is 0 Å². The van der Waals surface area contributed by atoms with Crippen molar-refractivity contribution in [3.05, 3.63) is 34.4 Å². The zero-order chi connectivity index (χ0) is 15.2. The van der Waals surface area contributed by atoms with Crippen LogP contribution in [0.25, 0.3) is 0 Å². The Bertz CT molecular complexity index is 521. The first-order valence-corrected chi connectivity index (χ1v) is 7.07. The Hall–Kier alpha value is -2.15. The summed E-state index contributed by atoms with van der Waals surface area (Å²) in [6.45, 7) is 4.74. The average molecular weight is 292 g/mol. The zero-order valence-corrected chi connectivity index (χ0v) is 12.0. The van der Waals surface area contributed by atoms with Gasteiger partial charge in [0.05, 0.1) is 4.92 Å². The highest BCUT2D eigenvalue weighted by molar-refractivity contribution is 5.77. The predicted molar refractivity (Wildman–Crippen MR) is 80.2 cm³/mol.